The third-order valence-electron chi connectivity index (χ3n) is 3.63. The summed E-state index contributed by atoms with van der Waals surface area (Å²) >= 11 is 0. The lowest BCUT2D eigenvalue weighted by Gasteiger charge is -2.31. The van der Waals surface area contributed by atoms with Crippen LogP contribution in [0.2, 0.25) is 0 Å². The first kappa shape index (κ1) is 12.0. The predicted molar refractivity (Wildman–Crippen MR) is 63.4 cm³/mol. The molecule has 1 aliphatic rings. The van der Waals surface area contributed by atoms with E-state index in [9.17, 15) is 0 Å². The van der Waals surface area contributed by atoms with Gasteiger partial charge in [0.05, 0.1) is 0 Å². The van der Waals surface area contributed by atoms with Crippen molar-refractivity contribution in [2.24, 2.45) is 17.8 Å². The Balaban J connectivity index is 2.19. The van der Waals surface area contributed by atoms with Crippen molar-refractivity contribution in [3.8, 4) is 0 Å². The molecule has 2 atom stereocenters. The highest BCUT2D eigenvalue weighted by molar-refractivity contribution is 4.76. The van der Waals surface area contributed by atoms with Crippen LogP contribution in [0.15, 0.2) is 0 Å². The Bertz CT molecular complexity index is 142. The second kappa shape index (κ2) is 6.44. The first-order chi connectivity index (χ1) is 6.74. The molecular weight excluding hydrogens is 170 g/mol. The van der Waals surface area contributed by atoms with E-state index in [1.165, 1.54) is 45.2 Å². The Labute approximate surface area is 89.7 Å². The fourth-order valence-corrected chi connectivity index (χ4v) is 2.61. The Morgan fingerprint density at radius 3 is 2.71 bits per heavy atom. The third kappa shape index (κ3) is 4.00. The van der Waals surface area contributed by atoms with Gasteiger partial charge in [0.2, 0.25) is 0 Å². The van der Waals surface area contributed by atoms with Gasteiger partial charge in [0.1, 0.15) is 0 Å². The fraction of sp³-hybridized carbons (Fsp3) is 1.00. The fourth-order valence-electron chi connectivity index (χ4n) is 2.61. The van der Waals surface area contributed by atoms with Gasteiger partial charge in [-0.1, -0.05) is 33.6 Å². The zero-order chi connectivity index (χ0) is 10.4. The van der Waals surface area contributed by atoms with Crippen molar-refractivity contribution < 1.29 is 0 Å². The van der Waals surface area contributed by atoms with Crippen molar-refractivity contribution in [3.05, 3.63) is 0 Å². The normalized spacial score (nSPS) is 28.3. The van der Waals surface area contributed by atoms with Crippen LogP contribution in [0.1, 0.15) is 52.9 Å². The van der Waals surface area contributed by atoms with E-state index < -0.39 is 0 Å². The summed E-state index contributed by atoms with van der Waals surface area (Å²) in [6.45, 7) is 9.46. The molecule has 1 saturated carbocycles. The van der Waals surface area contributed by atoms with E-state index in [0.717, 1.165) is 17.8 Å². The monoisotopic (exact) mass is 197 g/mol. The summed E-state index contributed by atoms with van der Waals surface area (Å²) in [4.78, 5) is 0. The van der Waals surface area contributed by atoms with Crippen molar-refractivity contribution in [3.63, 3.8) is 0 Å². The molecule has 0 aromatic carbocycles. The molecule has 1 aliphatic carbocycles. The third-order valence-corrected chi connectivity index (χ3v) is 3.63. The van der Waals surface area contributed by atoms with E-state index in [1.807, 2.05) is 0 Å². The van der Waals surface area contributed by atoms with Crippen molar-refractivity contribution in [2.75, 3.05) is 13.1 Å². The van der Waals surface area contributed by atoms with E-state index in [1.54, 1.807) is 0 Å². The Hall–Kier alpha value is -0.0400. The molecular formula is C13H27N. The lowest BCUT2D eigenvalue weighted by atomic mass is 9.76. The molecule has 84 valence electrons. The maximum Gasteiger partial charge on any atom is -0.00204 e. The van der Waals surface area contributed by atoms with Crippen LogP contribution < -0.4 is 5.32 Å². The second-order valence-electron chi connectivity index (χ2n) is 5.24. The van der Waals surface area contributed by atoms with Crippen LogP contribution in [0.4, 0.5) is 0 Å². The molecule has 1 heteroatoms. The Morgan fingerprint density at radius 1 is 1.29 bits per heavy atom. The molecule has 14 heavy (non-hydrogen) atoms. The SMILES string of the molecule is CCCNCC1CCCC(C(C)C)C1. The molecule has 2 unspecified atom stereocenters. The van der Waals surface area contributed by atoms with Gasteiger partial charge in [-0.3, -0.25) is 0 Å². The molecule has 0 heterocycles. The van der Waals surface area contributed by atoms with Gasteiger partial charge in [0.25, 0.3) is 0 Å². The summed E-state index contributed by atoms with van der Waals surface area (Å²) in [5.74, 6) is 2.85. The van der Waals surface area contributed by atoms with Crippen molar-refractivity contribution >= 4 is 0 Å². The van der Waals surface area contributed by atoms with E-state index >= 15 is 0 Å². The average molecular weight is 197 g/mol. The first-order valence-electron chi connectivity index (χ1n) is 6.44. The molecule has 0 amide bonds. The van der Waals surface area contributed by atoms with Gasteiger partial charge in [-0.15, -0.1) is 0 Å². The van der Waals surface area contributed by atoms with Gasteiger partial charge in [-0.2, -0.15) is 0 Å². The first-order valence-corrected chi connectivity index (χ1v) is 6.44. The van der Waals surface area contributed by atoms with Crippen LogP contribution in [0, 0.1) is 17.8 Å². The Morgan fingerprint density at radius 2 is 2.07 bits per heavy atom. The highest BCUT2D eigenvalue weighted by Gasteiger charge is 2.23. The van der Waals surface area contributed by atoms with Crippen molar-refractivity contribution in [1.29, 1.82) is 0 Å². The smallest absolute Gasteiger partial charge is 0.00204 e. The van der Waals surface area contributed by atoms with E-state index in [4.69, 9.17) is 0 Å². The zero-order valence-corrected chi connectivity index (χ0v) is 10.2. The minimum atomic E-state index is 0.893. The van der Waals surface area contributed by atoms with Gasteiger partial charge in [-0.25, -0.2) is 0 Å². The molecule has 0 aromatic rings. The lowest BCUT2D eigenvalue weighted by molar-refractivity contribution is 0.211. The molecule has 1 nitrogen and oxygen atoms in total. The molecule has 1 rings (SSSR count). The maximum atomic E-state index is 3.56. The molecule has 0 radical (unpaired) electrons. The standard InChI is InChI=1S/C13H27N/c1-4-8-14-10-12-6-5-7-13(9-12)11(2)3/h11-14H,4-10H2,1-3H3. The minimum Gasteiger partial charge on any atom is -0.316 e. The second-order valence-corrected chi connectivity index (χ2v) is 5.24. The molecule has 0 bridgehead atoms. The summed E-state index contributed by atoms with van der Waals surface area (Å²) < 4.78 is 0. The van der Waals surface area contributed by atoms with Crippen LogP contribution in [-0.2, 0) is 0 Å². The highest BCUT2D eigenvalue weighted by Crippen LogP contribution is 2.33. The quantitative estimate of drug-likeness (QED) is 0.666. The summed E-state index contributed by atoms with van der Waals surface area (Å²) in [5.41, 5.74) is 0. The average Bonchev–Trinajstić information content (AvgIpc) is 2.19. The highest BCUT2D eigenvalue weighted by atomic mass is 14.8. The summed E-state index contributed by atoms with van der Waals surface area (Å²) in [5, 5.41) is 3.56. The van der Waals surface area contributed by atoms with Crippen LogP contribution >= 0.6 is 0 Å². The summed E-state index contributed by atoms with van der Waals surface area (Å²) in [6, 6.07) is 0. The topological polar surface area (TPSA) is 12.0 Å². The maximum absolute atomic E-state index is 3.56. The molecule has 0 aromatic heterocycles. The van der Waals surface area contributed by atoms with Crippen molar-refractivity contribution in [1.82, 2.24) is 5.32 Å². The van der Waals surface area contributed by atoms with Gasteiger partial charge >= 0.3 is 0 Å². The van der Waals surface area contributed by atoms with Gasteiger partial charge in [0.15, 0.2) is 0 Å². The van der Waals surface area contributed by atoms with E-state index in [0.29, 0.717) is 0 Å². The lowest BCUT2D eigenvalue weighted by Crippen LogP contribution is -2.29. The molecule has 1 fully saturated rings. The summed E-state index contributed by atoms with van der Waals surface area (Å²) in [6.07, 6.45) is 7.12. The van der Waals surface area contributed by atoms with Crippen molar-refractivity contribution in [2.45, 2.75) is 52.9 Å². The van der Waals surface area contributed by atoms with E-state index in [-0.39, 0.29) is 0 Å². The zero-order valence-electron chi connectivity index (χ0n) is 10.2. The largest absolute Gasteiger partial charge is 0.316 e. The summed E-state index contributed by atoms with van der Waals surface area (Å²) in [7, 11) is 0. The Kier molecular flexibility index (Phi) is 5.54. The van der Waals surface area contributed by atoms with Crippen LogP contribution in [0.3, 0.4) is 0 Å². The van der Waals surface area contributed by atoms with E-state index in [2.05, 4.69) is 26.1 Å². The number of rotatable bonds is 5. The van der Waals surface area contributed by atoms with Gasteiger partial charge < -0.3 is 5.32 Å². The van der Waals surface area contributed by atoms with Gasteiger partial charge in [0, 0.05) is 0 Å². The molecule has 0 saturated heterocycles. The molecule has 0 spiro atoms. The predicted octanol–water partition coefficient (Wildman–Crippen LogP) is 3.45. The molecule has 1 N–H and O–H groups in total. The van der Waals surface area contributed by atoms with Gasteiger partial charge in [-0.05, 0) is 50.1 Å². The number of hydrogen-bond donors (Lipinski definition) is 1. The molecule has 0 aliphatic heterocycles. The van der Waals surface area contributed by atoms with Crippen LogP contribution in [-0.4, -0.2) is 13.1 Å². The minimum absolute atomic E-state index is 0.893. The number of nitrogens with one attached hydrogen (secondary N) is 1. The van der Waals surface area contributed by atoms with Crippen LogP contribution in [0.5, 0.6) is 0 Å². The number of hydrogen-bond acceptors (Lipinski definition) is 1. The van der Waals surface area contributed by atoms with Crippen LogP contribution in [0.25, 0.3) is 0 Å².